The summed E-state index contributed by atoms with van der Waals surface area (Å²) in [4.78, 5) is 0. The maximum absolute atomic E-state index is 5.81. The molecule has 4 heteroatoms. The minimum atomic E-state index is 0.237. The Bertz CT molecular complexity index is 564. The minimum Gasteiger partial charge on any atom is -0.493 e. The van der Waals surface area contributed by atoms with Crippen LogP contribution in [0.4, 0.5) is 0 Å². The van der Waals surface area contributed by atoms with E-state index in [0.717, 1.165) is 18.9 Å². The number of hydrogen-bond donors (Lipinski definition) is 1. The van der Waals surface area contributed by atoms with Crippen molar-refractivity contribution in [1.82, 2.24) is 15.1 Å². The fourth-order valence-corrected chi connectivity index (χ4v) is 2.83. The van der Waals surface area contributed by atoms with Crippen LogP contribution in [0.15, 0.2) is 36.5 Å². The van der Waals surface area contributed by atoms with E-state index in [1.807, 2.05) is 30.1 Å². The topological polar surface area (TPSA) is 39.1 Å². The highest BCUT2D eigenvalue weighted by Gasteiger charge is 2.33. The zero-order valence-corrected chi connectivity index (χ0v) is 11.3. The van der Waals surface area contributed by atoms with Crippen LogP contribution in [0.5, 0.6) is 5.75 Å². The first-order valence-corrected chi connectivity index (χ1v) is 6.74. The van der Waals surface area contributed by atoms with E-state index in [-0.39, 0.29) is 6.04 Å². The van der Waals surface area contributed by atoms with Gasteiger partial charge in [0.1, 0.15) is 5.75 Å². The van der Waals surface area contributed by atoms with Crippen LogP contribution in [-0.2, 0) is 7.05 Å². The van der Waals surface area contributed by atoms with Gasteiger partial charge in [-0.1, -0.05) is 25.1 Å². The lowest BCUT2D eigenvalue weighted by Gasteiger charge is -2.23. The number of likely N-dealkylation sites (N-methyl/N-ethyl adjacent to an activating group) is 1. The summed E-state index contributed by atoms with van der Waals surface area (Å²) in [6, 6.07) is 10.6. The van der Waals surface area contributed by atoms with Gasteiger partial charge in [0.05, 0.1) is 18.3 Å². The van der Waals surface area contributed by atoms with Crippen LogP contribution in [0.3, 0.4) is 0 Å². The lowest BCUT2D eigenvalue weighted by Crippen LogP contribution is -2.29. The largest absolute Gasteiger partial charge is 0.493 e. The van der Waals surface area contributed by atoms with Crippen LogP contribution in [0.2, 0.25) is 0 Å². The van der Waals surface area contributed by atoms with Crippen molar-refractivity contribution in [2.75, 3.05) is 13.2 Å². The van der Waals surface area contributed by atoms with Crippen LogP contribution < -0.4 is 10.1 Å². The summed E-state index contributed by atoms with van der Waals surface area (Å²) in [5.41, 5.74) is 2.49. The van der Waals surface area contributed by atoms with Gasteiger partial charge in [0.2, 0.25) is 0 Å². The molecule has 0 bridgehead atoms. The smallest absolute Gasteiger partial charge is 0.122 e. The maximum atomic E-state index is 5.81. The Morgan fingerprint density at radius 2 is 2.26 bits per heavy atom. The first kappa shape index (κ1) is 12.2. The van der Waals surface area contributed by atoms with E-state index in [9.17, 15) is 0 Å². The van der Waals surface area contributed by atoms with E-state index in [0.29, 0.717) is 5.92 Å². The first-order chi connectivity index (χ1) is 9.31. The normalized spacial score (nSPS) is 18.9. The monoisotopic (exact) mass is 257 g/mol. The second-order valence-electron chi connectivity index (χ2n) is 4.87. The number of nitrogens with one attached hydrogen (secondary N) is 1. The molecular weight excluding hydrogens is 238 g/mol. The molecule has 0 spiro atoms. The van der Waals surface area contributed by atoms with Crippen LogP contribution in [0.1, 0.15) is 30.1 Å². The van der Waals surface area contributed by atoms with E-state index in [2.05, 4.69) is 35.5 Å². The number of hydrogen-bond acceptors (Lipinski definition) is 3. The maximum Gasteiger partial charge on any atom is 0.122 e. The molecule has 1 N–H and O–H groups in total. The van der Waals surface area contributed by atoms with E-state index in [1.165, 1.54) is 11.3 Å². The van der Waals surface area contributed by atoms with Gasteiger partial charge in [0.15, 0.2) is 0 Å². The number of aromatic nitrogens is 2. The van der Waals surface area contributed by atoms with Crippen LogP contribution >= 0.6 is 0 Å². The summed E-state index contributed by atoms with van der Waals surface area (Å²) in [7, 11) is 1.99. The number of ether oxygens (including phenoxy) is 1. The summed E-state index contributed by atoms with van der Waals surface area (Å²) in [5, 5.41) is 7.85. The summed E-state index contributed by atoms with van der Waals surface area (Å²) >= 11 is 0. The Morgan fingerprint density at radius 3 is 3.00 bits per heavy atom. The standard InChI is InChI=1S/C15H19N3O/c1-3-16-15(13-8-9-17-18(13)2)12-10-19-14-7-5-4-6-11(12)14/h4-9,12,15-16H,3,10H2,1-2H3. The molecule has 1 aromatic heterocycles. The minimum absolute atomic E-state index is 0.237. The number of nitrogens with zero attached hydrogens (tertiary/aromatic N) is 2. The number of benzene rings is 1. The Hall–Kier alpha value is -1.81. The molecular formula is C15H19N3O. The van der Waals surface area contributed by atoms with Gasteiger partial charge in [-0.2, -0.15) is 5.10 Å². The average molecular weight is 257 g/mol. The Morgan fingerprint density at radius 1 is 1.42 bits per heavy atom. The third-order valence-corrected chi connectivity index (χ3v) is 3.74. The van der Waals surface area contributed by atoms with E-state index < -0.39 is 0 Å². The molecule has 100 valence electrons. The van der Waals surface area contributed by atoms with Crippen molar-refractivity contribution in [3.8, 4) is 5.75 Å². The molecule has 1 aliphatic rings. The molecule has 0 saturated carbocycles. The molecule has 2 heterocycles. The fourth-order valence-electron chi connectivity index (χ4n) is 2.83. The molecule has 0 saturated heterocycles. The van der Waals surface area contributed by atoms with Crippen molar-refractivity contribution >= 4 is 0 Å². The van der Waals surface area contributed by atoms with E-state index in [1.54, 1.807) is 0 Å². The lowest BCUT2D eigenvalue weighted by molar-refractivity contribution is 0.296. The summed E-state index contributed by atoms with van der Waals surface area (Å²) in [6.45, 7) is 3.78. The summed E-state index contributed by atoms with van der Waals surface area (Å²) in [5.74, 6) is 1.35. The molecule has 2 atom stereocenters. The third kappa shape index (κ3) is 2.12. The van der Waals surface area contributed by atoms with Crippen molar-refractivity contribution < 1.29 is 4.74 Å². The molecule has 0 amide bonds. The van der Waals surface area contributed by atoms with Gasteiger partial charge in [-0.05, 0) is 18.7 Å². The SMILES string of the molecule is CCNC(c1ccnn1C)C1COc2ccccc21. The summed E-state index contributed by atoms with van der Waals surface area (Å²) < 4.78 is 7.75. The Labute approximate surface area is 113 Å². The first-order valence-electron chi connectivity index (χ1n) is 6.74. The quantitative estimate of drug-likeness (QED) is 0.913. The van der Waals surface area contributed by atoms with Gasteiger partial charge in [-0.25, -0.2) is 0 Å². The fraction of sp³-hybridized carbons (Fsp3) is 0.400. The molecule has 4 nitrogen and oxygen atoms in total. The van der Waals surface area contributed by atoms with Crippen molar-refractivity contribution in [3.63, 3.8) is 0 Å². The number of aryl methyl sites for hydroxylation is 1. The highest BCUT2D eigenvalue weighted by Crippen LogP contribution is 2.40. The van der Waals surface area contributed by atoms with Crippen molar-refractivity contribution in [2.24, 2.45) is 7.05 Å². The van der Waals surface area contributed by atoms with Crippen LogP contribution in [-0.4, -0.2) is 22.9 Å². The van der Waals surface area contributed by atoms with Crippen molar-refractivity contribution in [1.29, 1.82) is 0 Å². The molecule has 1 aromatic carbocycles. The number of rotatable bonds is 4. The number of para-hydroxylation sites is 1. The van der Waals surface area contributed by atoms with Gasteiger partial charge < -0.3 is 10.1 Å². The van der Waals surface area contributed by atoms with Gasteiger partial charge in [-0.15, -0.1) is 0 Å². The molecule has 0 radical (unpaired) electrons. The molecule has 19 heavy (non-hydrogen) atoms. The summed E-state index contributed by atoms with van der Waals surface area (Å²) in [6.07, 6.45) is 1.85. The van der Waals surface area contributed by atoms with Crippen molar-refractivity contribution in [2.45, 2.75) is 18.9 Å². The van der Waals surface area contributed by atoms with Gasteiger partial charge in [-0.3, -0.25) is 4.68 Å². The molecule has 3 rings (SSSR count). The Kier molecular flexibility index (Phi) is 3.25. The zero-order valence-electron chi connectivity index (χ0n) is 11.3. The van der Waals surface area contributed by atoms with Crippen molar-refractivity contribution in [3.05, 3.63) is 47.8 Å². The van der Waals surface area contributed by atoms with Crippen LogP contribution in [0.25, 0.3) is 0 Å². The predicted molar refractivity (Wildman–Crippen MR) is 74.3 cm³/mol. The second kappa shape index (κ2) is 5.05. The molecule has 1 aliphatic heterocycles. The second-order valence-corrected chi connectivity index (χ2v) is 4.87. The molecule has 0 fully saturated rings. The molecule has 2 unspecified atom stereocenters. The van der Waals surface area contributed by atoms with E-state index in [4.69, 9.17) is 4.74 Å². The van der Waals surface area contributed by atoms with E-state index >= 15 is 0 Å². The van der Waals surface area contributed by atoms with Gasteiger partial charge in [0.25, 0.3) is 0 Å². The third-order valence-electron chi connectivity index (χ3n) is 3.74. The van der Waals surface area contributed by atoms with Gasteiger partial charge in [0, 0.05) is 24.7 Å². The lowest BCUT2D eigenvalue weighted by atomic mass is 9.91. The average Bonchev–Trinajstić information content (AvgIpc) is 3.03. The molecule has 0 aliphatic carbocycles. The molecule has 2 aromatic rings. The Balaban J connectivity index is 1.96. The zero-order chi connectivity index (χ0) is 13.2. The number of fused-ring (bicyclic) bond motifs is 1. The van der Waals surface area contributed by atoms with Gasteiger partial charge >= 0.3 is 0 Å². The van der Waals surface area contributed by atoms with Crippen LogP contribution in [0, 0.1) is 0 Å². The highest BCUT2D eigenvalue weighted by atomic mass is 16.5. The highest BCUT2D eigenvalue weighted by molar-refractivity contribution is 5.41. The predicted octanol–water partition coefficient (Wildman–Crippen LogP) is 2.25.